The van der Waals surface area contributed by atoms with Gasteiger partial charge in [-0.3, -0.25) is 14.5 Å². The molecule has 0 radical (unpaired) electrons. The van der Waals surface area contributed by atoms with Gasteiger partial charge in [0.05, 0.1) is 25.9 Å². The monoisotopic (exact) mass is 361 g/mol. The van der Waals surface area contributed by atoms with E-state index in [2.05, 4.69) is 15.5 Å². The third-order valence-electron chi connectivity index (χ3n) is 4.73. The van der Waals surface area contributed by atoms with Crippen LogP contribution in [0.25, 0.3) is 0 Å². The molecule has 7 heteroatoms. The Morgan fingerprint density at radius 3 is 2.58 bits per heavy atom. The minimum absolute atomic E-state index is 0.00558. The molecule has 2 N–H and O–H groups in total. The quantitative estimate of drug-likeness (QED) is 0.827. The molecule has 0 aliphatic carbocycles. The van der Waals surface area contributed by atoms with E-state index in [1.807, 2.05) is 24.3 Å². The second kappa shape index (κ2) is 9.12. The lowest BCUT2D eigenvalue weighted by molar-refractivity contribution is -0.121. The van der Waals surface area contributed by atoms with Crippen molar-refractivity contribution in [1.29, 1.82) is 0 Å². The molecule has 0 bridgehead atoms. The van der Waals surface area contributed by atoms with E-state index in [0.717, 1.165) is 37.2 Å². The van der Waals surface area contributed by atoms with Crippen LogP contribution < -0.4 is 10.6 Å². The zero-order chi connectivity index (χ0) is 18.4. The average molecular weight is 361 g/mol. The average Bonchev–Trinajstić information content (AvgIpc) is 2.63. The number of benzene rings is 1. The highest BCUT2D eigenvalue weighted by Crippen LogP contribution is 2.29. The Morgan fingerprint density at radius 1 is 1.15 bits per heavy atom. The molecule has 2 amide bonds. The van der Waals surface area contributed by atoms with Crippen molar-refractivity contribution < 1.29 is 19.1 Å². The van der Waals surface area contributed by atoms with Gasteiger partial charge in [0.1, 0.15) is 0 Å². The Hall–Kier alpha value is -1.96. The first-order valence-electron chi connectivity index (χ1n) is 9.19. The lowest BCUT2D eigenvalue weighted by atomic mass is 9.97. The molecule has 2 heterocycles. The van der Waals surface area contributed by atoms with Crippen LogP contribution in [0.2, 0.25) is 0 Å². The topological polar surface area (TPSA) is 79.9 Å². The van der Waals surface area contributed by atoms with Crippen molar-refractivity contribution in [1.82, 2.24) is 10.2 Å². The highest BCUT2D eigenvalue weighted by Gasteiger charge is 2.24. The molecule has 1 aromatic carbocycles. The van der Waals surface area contributed by atoms with Crippen LogP contribution >= 0.6 is 0 Å². The van der Waals surface area contributed by atoms with Gasteiger partial charge in [-0.2, -0.15) is 0 Å². The maximum atomic E-state index is 12.2. The molecule has 7 nitrogen and oxygen atoms in total. The summed E-state index contributed by atoms with van der Waals surface area (Å²) in [5, 5.41) is 5.90. The van der Waals surface area contributed by atoms with Crippen LogP contribution in [-0.2, 0) is 19.1 Å². The van der Waals surface area contributed by atoms with Crippen molar-refractivity contribution in [3.8, 4) is 0 Å². The standard InChI is InChI=1S/C19H27N3O4/c1-14(23)20-17-6-9-26-18(12-17)15-2-4-16(5-3-15)21-19(24)13-22-7-10-25-11-8-22/h2-5,17-18H,6-13H2,1H3,(H,20,23)(H,21,24)/t17-,18+/m1/s1. The number of hydrogen-bond acceptors (Lipinski definition) is 5. The van der Waals surface area contributed by atoms with Gasteiger partial charge in [0, 0.05) is 38.3 Å². The van der Waals surface area contributed by atoms with Gasteiger partial charge in [0.2, 0.25) is 11.8 Å². The van der Waals surface area contributed by atoms with Gasteiger partial charge in [0.25, 0.3) is 0 Å². The van der Waals surface area contributed by atoms with Crippen molar-refractivity contribution in [2.75, 3.05) is 44.8 Å². The molecule has 2 saturated heterocycles. The molecule has 0 spiro atoms. The summed E-state index contributed by atoms with van der Waals surface area (Å²) in [5.74, 6) is -0.0201. The highest BCUT2D eigenvalue weighted by molar-refractivity contribution is 5.92. The van der Waals surface area contributed by atoms with Crippen molar-refractivity contribution >= 4 is 17.5 Å². The number of morpholine rings is 1. The Balaban J connectivity index is 1.51. The smallest absolute Gasteiger partial charge is 0.238 e. The van der Waals surface area contributed by atoms with E-state index < -0.39 is 0 Å². The number of carbonyl (C=O) groups is 2. The molecular formula is C19H27N3O4. The second-order valence-corrected chi connectivity index (χ2v) is 6.84. The molecule has 2 fully saturated rings. The van der Waals surface area contributed by atoms with Crippen molar-refractivity contribution in [3.05, 3.63) is 29.8 Å². The predicted octanol–water partition coefficient (Wildman–Crippen LogP) is 1.31. The molecule has 142 valence electrons. The van der Waals surface area contributed by atoms with Crippen LogP contribution in [0.4, 0.5) is 5.69 Å². The number of rotatable bonds is 5. The molecule has 1 aromatic rings. The van der Waals surface area contributed by atoms with E-state index in [1.165, 1.54) is 0 Å². The first-order valence-corrected chi connectivity index (χ1v) is 9.19. The number of anilines is 1. The van der Waals surface area contributed by atoms with Crippen LogP contribution in [0.5, 0.6) is 0 Å². The molecule has 2 aliphatic rings. The summed E-state index contributed by atoms with van der Waals surface area (Å²) in [6.07, 6.45) is 1.58. The highest BCUT2D eigenvalue weighted by atomic mass is 16.5. The number of nitrogens with one attached hydrogen (secondary N) is 2. The summed E-state index contributed by atoms with van der Waals surface area (Å²) in [5.41, 5.74) is 1.84. The lowest BCUT2D eigenvalue weighted by Crippen LogP contribution is -2.41. The van der Waals surface area contributed by atoms with Crippen LogP contribution in [0.3, 0.4) is 0 Å². The van der Waals surface area contributed by atoms with Gasteiger partial charge < -0.3 is 20.1 Å². The summed E-state index contributed by atoms with van der Waals surface area (Å²) < 4.78 is 11.1. The van der Waals surface area contributed by atoms with E-state index in [4.69, 9.17) is 9.47 Å². The maximum Gasteiger partial charge on any atom is 0.238 e. The third-order valence-corrected chi connectivity index (χ3v) is 4.73. The third kappa shape index (κ3) is 5.52. The van der Waals surface area contributed by atoms with Crippen molar-refractivity contribution in [2.24, 2.45) is 0 Å². The predicted molar refractivity (Wildman–Crippen MR) is 97.9 cm³/mol. The fraction of sp³-hybridized carbons (Fsp3) is 0.579. The first-order chi connectivity index (χ1) is 12.6. The fourth-order valence-corrected chi connectivity index (χ4v) is 3.39. The molecular weight excluding hydrogens is 334 g/mol. The molecule has 2 atom stereocenters. The number of nitrogens with zero attached hydrogens (tertiary/aromatic N) is 1. The van der Waals surface area contributed by atoms with Gasteiger partial charge >= 0.3 is 0 Å². The van der Waals surface area contributed by atoms with Gasteiger partial charge in [-0.1, -0.05) is 12.1 Å². The number of ether oxygens (including phenoxy) is 2. The first kappa shape index (κ1) is 18.8. The Morgan fingerprint density at radius 2 is 1.88 bits per heavy atom. The normalized spacial score (nSPS) is 24.0. The summed E-state index contributed by atoms with van der Waals surface area (Å²) in [6.45, 7) is 5.51. The molecule has 0 saturated carbocycles. The minimum atomic E-state index is -0.0290. The van der Waals surface area contributed by atoms with E-state index in [1.54, 1.807) is 6.92 Å². The SMILES string of the molecule is CC(=O)N[C@@H]1CCO[C@H](c2ccc(NC(=O)CN3CCOCC3)cc2)C1. The Bertz CT molecular complexity index is 614. The minimum Gasteiger partial charge on any atom is -0.379 e. The summed E-state index contributed by atoms with van der Waals surface area (Å²) >= 11 is 0. The number of hydrogen-bond donors (Lipinski definition) is 2. The van der Waals surface area contributed by atoms with Gasteiger partial charge in [-0.15, -0.1) is 0 Å². The van der Waals surface area contributed by atoms with E-state index >= 15 is 0 Å². The van der Waals surface area contributed by atoms with Gasteiger partial charge in [-0.25, -0.2) is 0 Å². The second-order valence-electron chi connectivity index (χ2n) is 6.84. The number of amides is 2. The molecule has 0 unspecified atom stereocenters. The van der Waals surface area contributed by atoms with Crippen LogP contribution in [0.1, 0.15) is 31.4 Å². The van der Waals surface area contributed by atoms with Crippen LogP contribution in [0, 0.1) is 0 Å². The van der Waals surface area contributed by atoms with Crippen molar-refractivity contribution in [3.63, 3.8) is 0 Å². The largest absolute Gasteiger partial charge is 0.379 e. The number of carbonyl (C=O) groups excluding carboxylic acids is 2. The molecule has 2 aliphatic heterocycles. The fourth-order valence-electron chi connectivity index (χ4n) is 3.39. The van der Waals surface area contributed by atoms with E-state index in [9.17, 15) is 9.59 Å². The Kier molecular flexibility index (Phi) is 6.60. The zero-order valence-corrected chi connectivity index (χ0v) is 15.2. The summed E-state index contributed by atoms with van der Waals surface area (Å²) in [6, 6.07) is 7.91. The molecule has 26 heavy (non-hydrogen) atoms. The lowest BCUT2D eigenvalue weighted by Gasteiger charge is -2.30. The molecule has 3 rings (SSSR count). The van der Waals surface area contributed by atoms with Gasteiger partial charge in [-0.05, 0) is 30.5 Å². The van der Waals surface area contributed by atoms with Crippen molar-refractivity contribution in [2.45, 2.75) is 31.9 Å². The summed E-state index contributed by atoms with van der Waals surface area (Å²) in [7, 11) is 0. The molecule has 0 aromatic heterocycles. The Labute approximate surface area is 154 Å². The van der Waals surface area contributed by atoms with E-state index in [0.29, 0.717) is 26.4 Å². The maximum absolute atomic E-state index is 12.2. The van der Waals surface area contributed by atoms with Gasteiger partial charge in [0.15, 0.2) is 0 Å². The van der Waals surface area contributed by atoms with Crippen LogP contribution in [-0.4, -0.2) is 62.2 Å². The van der Waals surface area contributed by atoms with E-state index in [-0.39, 0.29) is 24.0 Å². The van der Waals surface area contributed by atoms with Crippen LogP contribution in [0.15, 0.2) is 24.3 Å². The summed E-state index contributed by atoms with van der Waals surface area (Å²) in [4.78, 5) is 25.5. The zero-order valence-electron chi connectivity index (χ0n) is 15.2.